The van der Waals surface area contributed by atoms with Crippen molar-refractivity contribution in [3.05, 3.63) is 48.2 Å². The van der Waals surface area contributed by atoms with Gasteiger partial charge in [0.1, 0.15) is 11.9 Å². The molecule has 0 aliphatic carbocycles. The summed E-state index contributed by atoms with van der Waals surface area (Å²) in [6, 6.07) is 11.7. The molecule has 33 heavy (non-hydrogen) atoms. The molecule has 8 nitrogen and oxygen atoms in total. The van der Waals surface area contributed by atoms with Gasteiger partial charge < -0.3 is 29.5 Å². The summed E-state index contributed by atoms with van der Waals surface area (Å²) in [5, 5.41) is 3.10. The van der Waals surface area contributed by atoms with Crippen LogP contribution >= 0.6 is 0 Å². The van der Waals surface area contributed by atoms with Gasteiger partial charge in [-0.2, -0.15) is 0 Å². The summed E-state index contributed by atoms with van der Waals surface area (Å²) in [6.07, 6.45) is 3.51. The highest BCUT2D eigenvalue weighted by molar-refractivity contribution is 5.74. The minimum absolute atomic E-state index is 0.0312. The fraction of sp³-hybridized carbons (Fsp3) is 0.520. The number of hydrogen-bond donors (Lipinski definition) is 1. The molecule has 0 radical (unpaired) electrons. The lowest BCUT2D eigenvalue weighted by molar-refractivity contribution is 0.107. The SMILES string of the molecule is CCOc1ccccc1OC1CCN(C(=O)NCc2cccnc2N2CCN(C)CC2)CC1. The third-order valence-corrected chi connectivity index (χ3v) is 6.27. The summed E-state index contributed by atoms with van der Waals surface area (Å²) in [5.74, 6) is 2.52. The number of carbonyl (C=O) groups is 1. The van der Waals surface area contributed by atoms with Crippen molar-refractivity contribution in [2.24, 2.45) is 0 Å². The monoisotopic (exact) mass is 453 g/mol. The van der Waals surface area contributed by atoms with Crippen molar-refractivity contribution in [1.29, 1.82) is 0 Å². The molecule has 2 aliphatic rings. The van der Waals surface area contributed by atoms with Crippen LogP contribution in [0.25, 0.3) is 0 Å². The predicted octanol–water partition coefficient (Wildman–Crippen LogP) is 2.99. The Morgan fingerprint density at radius 2 is 1.76 bits per heavy atom. The van der Waals surface area contributed by atoms with Crippen LogP contribution in [0.15, 0.2) is 42.6 Å². The number of para-hydroxylation sites is 2. The number of carbonyl (C=O) groups excluding carboxylic acids is 1. The van der Waals surface area contributed by atoms with E-state index in [1.165, 1.54) is 0 Å². The van der Waals surface area contributed by atoms with Crippen LogP contribution in [0.2, 0.25) is 0 Å². The first-order valence-corrected chi connectivity index (χ1v) is 11.9. The van der Waals surface area contributed by atoms with Crippen molar-refractivity contribution < 1.29 is 14.3 Å². The van der Waals surface area contributed by atoms with E-state index >= 15 is 0 Å². The zero-order chi connectivity index (χ0) is 23.0. The van der Waals surface area contributed by atoms with Crippen molar-refractivity contribution in [3.8, 4) is 11.5 Å². The van der Waals surface area contributed by atoms with Crippen LogP contribution in [-0.4, -0.2) is 79.8 Å². The van der Waals surface area contributed by atoms with Gasteiger partial charge in [0.05, 0.1) is 6.61 Å². The first-order valence-electron chi connectivity index (χ1n) is 11.9. The van der Waals surface area contributed by atoms with Crippen LogP contribution in [0, 0.1) is 0 Å². The molecular formula is C25H35N5O3. The van der Waals surface area contributed by atoms with Gasteiger partial charge in [0.2, 0.25) is 0 Å². The number of amides is 2. The van der Waals surface area contributed by atoms with E-state index in [0.29, 0.717) is 26.2 Å². The van der Waals surface area contributed by atoms with Crippen LogP contribution in [0.1, 0.15) is 25.3 Å². The Balaban J connectivity index is 1.27. The lowest BCUT2D eigenvalue weighted by atomic mass is 10.1. The first-order chi connectivity index (χ1) is 16.1. The Labute approximate surface area is 196 Å². The molecule has 2 amide bonds. The van der Waals surface area contributed by atoms with Crippen LogP contribution in [0.4, 0.5) is 10.6 Å². The molecule has 178 valence electrons. The number of urea groups is 1. The molecule has 4 rings (SSSR count). The molecule has 1 aromatic carbocycles. The Morgan fingerprint density at radius 1 is 1.03 bits per heavy atom. The molecule has 0 spiro atoms. The molecule has 2 aromatic rings. The normalized spacial score (nSPS) is 17.6. The quantitative estimate of drug-likeness (QED) is 0.695. The second-order valence-corrected chi connectivity index (χ2v) is 8.62. The summed E-state index contributed by atoms with van der Waals surface area (Å²) in [7, 11) is 2.14. The average Bonchev–Trinajstić information content (AvgIpc) is 2.85. The van der Waals surface area contributed by atoms with Gasteiger partial charge in [-0.1, -0.05) is 18.2 Å². The van der Waals surface area contributed by atoms with Crippen LogP contribution in [-0.2, 0) is 6.54 Å². The van der Waals surface area contributed by atoms with E-state index in [9.17, 15) is 4.79 Å². The van der Waals surface area contributed by atoms with Crippen LogP contribution < -0.4 is 19.7 Å². The van der Waals surface area contributed by atoms with Gasteiger partial charge in [0, 0.05) is 70.4 Å². The van der Waals surface area contributed by atoms with E-state index in [2.05, 4.69) is 33.2 Å². The minimum Gasteiger partial charge on any atom is -0.490 e. The van der Waals surface area contributed by atoms with E-state index in [1.54, 1.807) is 0 Å². The third-order valence-electron chi connectivity index (χ3n) is 6.27. The van der Waals surface area contributed by atoms with E-state index in [1.807, 2.05) is 48.4 Å². The number of hydrogen-bond acceptors (Lipinski definition) is 6. The second-order valence-electron chi connectivity index (χ2n) is 8.62. The van der Waals surface area contributed by atoms with Crippen molar-refractivity contribution in [2.75, 3.05) is 57.8 Å². The summed E-state index contributed by atoms with van der Waals surface area (Å²) >= 11 is 0. The van der Waals surface area contributed by atoms with E-state index in [-0.39, 0.29) is 12.1 Å². The van der Waals surface area contributed by atoms with Gasteiger partial charge in [-0.15, -0.1) is 0 Å². The maximum Gasteiger partial charge on any atom is 0.317 e. The van der Waals surface area contributed by atoms with Crippen LogP contribution in [0.5, 0.6) is 11.5 Å². The Morgan fingerprint density at radius 3 is 2.48 bits per heavy atom. The fourth-order valence-corrected chi connectivity index (χ4v) is 4.33. The van der Waals surface area contributed by atoms with Crippen LogP contribution in [0.3, 0.4) is 0 Å². The first kappa shape index (κ1) is 23.2. The standard InChI is InChI=1S/C25H35N5O3/c1-3-32-22-8-4-5-9-23(22)33-21-10-13-30(14-11-21)25(31)27-19-20-7-6-12-26-24(20)29-17-15-28(2)16-18-29/h4-9,12,21H,3,10-11,13-19H2,1-2H3,(H,27,31). The largest absolute Gasteiger partial charge is 0.490 e. The van der Waals surface area contributed by atoms with Crippen molar-refractivity contribution in [3.63, 3.8) is 0 Å². The Bertz CT molecular complexity index is 908. The molecule has 0 saturated carbocycles. The molecule has 0 unspecified atom stereocenters. The lowest BCUT2D eigenvalue weighted by Gasteiger charge is -2.34. The smallest absolute Gasteiger partial charge is 0.317 e. The van der Waals surface area contributed by atoms with Crippen molar-refractivity contribution >= 4 is 11.8 Å². The van der Waals surface area contributed by atoms with Crippen molar-refractivity contribution in [2.45, 2.75) is 32.4 Å². The topological polar surface area (TPSA) is 70.2 Å². The summed E-state index contributed by atoms with van der Waals surface area (Å²) in [5.41, 5.74) is 1.06. The summed E-state index contributed by atoms with van der Waals surface area (Å²) in [4.78, 5) is 23.9. The van der Waals surface area contributed by atoms with Gasteiger partial charge in [-0.25, -0.2) is 9.78 Å². The van der Waals surface area contributed by atoms with Gasteiger partial charge in [0.15, 0.2) is 11.5 Å². The highest BCUT2D eigenvalue weighted by Crippen LogP contribution is 2.29. The summed E-state index contributed by atoms with van der Waals surface area (Å²) in [6.45, 7) is 8.34. The zero-order valence-corrected chi connectivity index (χ0v) is 19.7. The number of likely N-dealkylation sites (N-methyl/N-ethyl adjacent to an activating group) is 1. The second kappa shape index (κ2) is 11.2. The van der Waals surface area contributed by atoms with Gasteiger partial charge in [-0.3, -0.25) is 0 Å². The minimum atomic E-state index is -0.0312. The molecule has 2 saturated heterocycles. The highest BCUT2D eigenvalue weighted by atomic mass is 16.5. The Hall–Kier alpha value is -3.00. The maximum atomic E-state index is 12.8. The predicted molar refractivity (Wildman–Crippen MR) is 129 cm³/mol. The third kappa shape index (κ3) is 6.07. The van der Waals surface area contributed by atoms with Gasteiger partial charge in [-0.05, 0) is 32.2 Å². The number of rotatable bonds is 7. The van der Waals surface area contributed by atoms with E-state index in [0.717, 1.165) is 61.9 Å². The molecule has 2 fully saturated rings. The number of piperazine rings is 1. The summed E-state index contributed by atoms with van der Waals surface area (Å²) < 4.78 is 11.8. The van der Waals surface area contributed by atoms with Crippen molar-refractivity contribution in [1.82, 2.24) is 20.1 Å². The van der Waals surface area contributed by atoms with Gasteiger partial charge >= 0.3 is 6.03 Å². The molecule has 2 aliphatic heterocycles. The van der Waals surface area contributed by atoms with Gasteiger partial charge in [0.25, 0.3) is 0 Å². The lowest BCUT2D eigenvalue weighted by Crippen LogP contribution is -2.47. The number of nitrogens with zero attached hydrogens (tertiary/aromatic N) is 4. The maximum absolute atomic E-state index is 12.8. The number of piperidine rings is 1. The number of pyridine rings is 1. The molecule has 0 bridgehead atoms. The molecule has 0 atom stereocenters. The number of likely N-dealkylation sites (tertiary alicyclic amines) is 1. The fourth-order valence-electron chi connectivity index (χ4n) is 4.33. The number of benzene rings is 1. The molecule has 8 heteroatoms. The molecule has 1 N–H and O–H groups in total. The Kier molecular flexibility index (Phi) is 7.88. The van der Waals surface area contributed by atoms with E-state index in [4.69, 9.17) is 9.47 Å². The number of nitrogens with one attached hydrogen (secondary N) is 1. The average molecular weight is 454 g/mol. The number of ether oxygens (including phenoxy) is 2. The number of aromatic nitrogens is 1. The molecule has 1 aromatic heterocycles. The molecule has 3 heterocycles. The highest BCUT2D eigenvalue weighted by Gasteiger charge is 2.25. The molecular weight excluding hydrogens is 418 g/mol. The zero-order valence-electron chi connectivity index (χ0n) is 19.7. The number of anilines is 1. The van der Waals surface area contributed by atoms with E-state index < -0.39 is 0 Å².